The maximum Gasteiger partial charge on any atom is 0.297 e. The van der Waals surface area contributed by atoms with E-state index in [9.17, 15) is 33.8 Å². The van der Waals surface area contributed by atoms with Crippen molar-refractivity contribution in [1.82, 2.24) is 0 Å². The second-order valence-corrected chi connectivity index (χ2v) is 33.7. The van der Waals surface area contributed by atoms with Crippen molar-refractivity contribution in [2.75, 3.05) is 153 Å². The van der Waals surface area contributed by atoms with Gasteiger partial charge in [0.15, 0.2) is 17.4 Å². The Morgan fingerprint density at radius 2 is 0.683 bits per heavy atom. The van der Waals surface area contributed by atoms with Gasteiger partial charge in [-0.25, -0.2) is 0 Å². The van der Waals surface area contributed by atoms with E-state index in [4.69, 9.17) is 117 Å². The summed E-state index contributed by atoms with van der Waals surface area (Å²) in [5.74, 6) is -1.13. The molecule has 25 nitrogen and oxygen atoms in total. The number of halogens is 6. The van der Waals surface area contributed by atoms with E-state index in [1.807, 2.05) is 93.6 Å². The number of rotatable bonds is 21. The third-order valence-corrected chi connectivity index (χ3v) is 24.2. The molecule has 3 N–H and O–H groups in total. The van der Waals surface area contributed by atoms with Crippen molar-refractivity contribution in [2.45, 2.75) is 68.3 Å². The van der Waals surface area contributed by atoms with Gasteiger partial charge in [0.25, 0.3) is 21.5 Å². The molecule has 632 valence electrons. The maximum atomic E-state index is 12.3. The van der Waals surface area contributed by atoms with Crippen molar-refractivity contribution >= 4 is 131 Å². The Morgan fingerprint density at radius 3 is 0.975 bits per heavy atom. The van der Waals surface area contributed by atoms with Crippen LogP contribution in [0, 0.1) is 27.2 Å². The van der Waals surface area contributed by atoms with Gasteiger partial charge in [0, 0.05) is 174 Å². The van der Waals surface area contributed by atoms with Crippen LogP contribution in [0.3, 0.4) is 0 Å². The fraction of sp³-hybridized carbons (Fsp3) is 0.318. The van der Waals surface area contributed by atoms with Crippen LogP contribution in [0.15, 0.2) is 229 Å². The lowest BCUT2D eigenvalue weighted by Crippen LogP contribution is -2.46. The molecular formula is C88H91Cl6N9O16S. The van der Waals surface area contributed by atoms with Gasteiger partial charge in [-0.15, -0.1) is 0 Å². The van der Waals surface area contributed by atoms with Crippen molar-refractivity contribution in [1.29, 1.82) is 0 Å². The Bertz CT molecular complexity index is 5240. The minimum Gasteiger partial charge on any atom is -0.508 e. The Labute approximate surface area is 727 Å². The summed E-state index contributed by atoms with van der Waals surface area (Å²) in [6, 6.07) is 67.0. The van der Waals surface area contributed by atoms with E-state index in [0.29, 0.717) is 62.1 Å². The molecular weight excluding hydrogens is 1680 g/mol. The summed E-state index contributed by atoms with van der Waals surface area (Å²) in [5.41, 5.74) is 16.6. The van der Waals surface area contributed by atoms with Gasteiger partial charge in [-0.3, -0.25) is 24.4 Å². The molecule has 0 spiro atoms. The summed E-state index contributed by atoms with van der Waals surface area (Å²) < 4.78 is 77.4. The number of non-ortho nitro benzene ring substituents is 2. The van der Waals surface area contributed by atoms with Crippen molar-refractivity contribution in [3.8, 4) is 17.2 Å². The predicted molar refractivity (Wildman–Crippen MR) is 471 cm³/mol. The number of benzene rings is 10. The second-order valence-electron chi connectivity index (χ2n) is 29.6. The molecule has 32 heteroatoms. The van der Waals surface area contributed by atoms with Crippen molar-refractivity contribution in [2.24, 2.45) is 0 Å². The normalized spacial score (nSPS) is 21.0. The number of aryl methyl sites for hydroxylation is 1. The lowest BCUT2D eigenvalue weighted by molar-refractivity contribution is -0.385. The van der Waals surface area contributed by atoms with Crippen molar-refractivity contribution in [3.63, 3.8) is 0 Å². The lowest BCUT2D eigenvalue weighted by Gasteiger charge is -2.37. The van der Waals surface area contributed by atoms with Gasteiger partial charge in [0.05, 0.1) is 56.2 Å². The van der Waals surface area contributed by atoms with Crippen LogP contribution in [-0.2, 0) is 60.1 Å². The number of phenolic OH excluding ortho intramolecular Hbond substituents is 1. The fourth-order valence-electron chi connectivity index (χ4n) is 14.6. The number of nitro benzene ring substituents is 2. The van der Waals surface area contributed by atoms with Crippen LogP contribution in [0.4, 0.5) is 51.2 Å². The first-order valence-electron chi connectivity index (χ1n) is 38.9. The number of nitro groups is 2. The zero-order chi connectivity index (χ0) is 84.9. The summed E-state index contributed by atoms with van der Waals surface area (Å²) in [6.45, 7) is 19.6. The van der Waals surface area contributed by atoms with E-state index in [1.54, 1.807) is 110 Å². The molecule has 6 unspecified atom stereocenters. The highest BCUT2D eigenvalue weighted by Gasteiger charge is 2.44. The third kappa shape index (κ3) is 22.8. The number of hydrogen-bond acceptors (Lipinski definition) is 23. The van der Waals surface area contributed by atoms with Crippen LogP contribution in [0.25, 0.3) is 0 Å². The van der Waals surface area contributed by atoms with Crippen LogP contribution >= 0.6 is 69.6 Å². The van der Waals surface area contributed by atoms with Crippen molar-refractivity contribution in [3.05, 3.63) is 297 Å². The molecule has 0 aromatic heterocycles. The molecule has 6 fully saturated rings. The first-order valence-corrected chi connectivity index (χ1v) is 42.6. The molecule has 6 aliphatic rings. The first-order chi connectivity index (χ1) is 57.5. The summed E-state index contributed by atoms with van der Waals surface area (Å²) in [6.07, 6.45) is -0.983. The van der Waals surface area contributed by atoms with Gasteiger partial charge in [0.1, 0.15) is 48.8 Å². The number of anilines is 7. The molecule has 6 atom stereocenters. The zero-order valence-corrected chi connectivity index (χ0v) is 71.6. The molecule has 10 aromatic carbocycles. The Kier molecular flexibility index (Phi) is 29.0. The highest BCUT2D eigenvalue weighted by Crippen LogP contribution is 2.43. The van der Waals surface area contributed by atoms with Gasteiger partial charge in [-0.1, -0.05) is 106 Å². The molecule has 120 heavy (non-hydrogen) atoms. The number of hydrogen-bond donors (Lipinski definition) is 2. The molecule has 0 radical (unpaired) electrons. The number of ether oxygens (including phenoxy) is 8. The van der Waals surface area contributed by atoms with Gasteiger partial charge < -0.3 is 78.1 Å². The van der Waals surface area contributed by atoms with Gasteiger partial charge in [-0.2, -0.15) is 8.42 Å². The van der Waals surface area contributed by atoms with Crippen LogP contribution in [0.1, 0.15) is 43.0 Å². The summed E-state index contributed by atoms with van der Waals surface area (Å²) in [4.78, 5) is 34.7. The third-order valence-electron chi connectivity index (χ3n) is 21.2. The molecule has 16 rings (SSSR count). The Hall–Kier alpha value is -9.59. The average Bonchev–Trinajstić information content (AvgIpc) is 1.64. The van der Waals surface area contributed by atoms with E-state index in [-0.39, 0.29) is 57.3 Å². The van der Waals surface area contributed by atoms with Crippen LogP contribution in [-0.4, -0.2) is 160 Å². The number of phenols is 1. The largest absolute Gasteiger partial charge is 0.508 e. The molecule has 0 amide bonds. The fourth-order valence-corrected chi connectivity index (χ4v) is 17.2. The summed E-state index contributed by atoms with van der Waals surface area (Å²) >= 11 is 36.9. The first kappa shape index (κ1) is 88.2. The molecule has 0 bridgehead atoms. The molecule has 0 aliphatic carbocycles. The Morgan fingerprint density at radius 1 is 0.408 bits per heavy atom. The van der Waals surface area contributed by atoms with E-state index in [2.05, 4.69) is 65.8 Å². The highest BCUT2D eigenvalue weighted by atomic mass is 35.5. The van der Waals surface area contributed by atoms with Gasteiger partial charge in [0.2, 0.25) is 0 Å². The number of piperazine rings is 3. The minimum atomic E-state index is -3.86. The van der Waals surface area contributed by atoms with Gasteiger partial charge >= 0.3 is 0 Å². The van der Waals surface area contributed by atoms with E-state index in [0.717, 1.165) is 135 Å². The smallest absolute Gasteiger partial charge is 0.297 e. The highest BCUT2D eigenvalue weighted by molar-refractivity contribution is 7.86. The summed E-state index contributed by atoms with van der Waals surface area (Å²) in [5, 5.41) is 34.0. The summed E-state index contributed by atoms with van der Waals surface area (Å²) in [7, 11) is -3.86. The number of nitrogens with two attached hydrogens (primary N) is 1. The molecule has 6 heterocycles. The van der Waals surface area contributed by atoms with E-state index < -0.39 is 33.6 Å². The van der Waals surface area contributed by atoms with Crippen molar-refractivity contribution < 1.29 is 65.4 Å². The van der Waals surface area contributed by atoms with E-state index >= 15 is 0 Å². The van der Waals surface area contributed by atoms with Crippen LogP contribution in [0.2, 0.25) is 30.1 Å². The molecule has 10 aromatic rings. The number of nitrogen functional groups attached to an aromatic ring is 1. The van der Waals surface area contributed by atoms with Crippen LogP contribution < -0.4 is 44.6 Å². The standard InChI is InChI=1S/C27H27Cl2N3O5.C27H29Cl2N3O3.C18H18Cl2O5S.C16H17N3O3/c1-27(25-11-2-19(28)16-26(25)29)36-18-24(37-27)17-35-23-9-7-21(8-10-23)31-14-12-30(13-15-31)20-3-5-22(6-4-20)32(33)34;1-27(25-11-2-19(28)16-26(25)29)34-18-24(35-27)17-33-23-9-7-22(8-10-23)32-14-12-31(13-15-32)21-5-3-20(30)4-6-21;1-12-3-6-15(7-4-12)26(21,22)24-11-14-10-23-18(2,25-14)16-8-5-13(19)9-17(16)20;20-16-7-5-14(6-8-16)18-11-9-17(10-12-18)13-1-3-15(4-2-13)19(21)22/h2-11,16,24H,12-15,17-18H2,1H3;2-11,16,24H,12-15,17-18,30H2,1H3;3-9,14H,10-11H2,1-2H3;1-8,20H,9-12H2. The van der Waals surface area contributed by atoms with Gasteiger partial charge in [-0.05, 0) is 198 Å². The van der Waals surface area contributed by atoms with Crippen LogP contribution in [0.5, 0.6) is 17.2 Å². The second kappa shape index (κ2) is 39.5. The SMILES string of the molecule is CC1(c2ccc(Cl)cc2Cl)OCC(COc2ccc(N3CCN(c4ccc(N)cc4)CC3)cc2)O1.CC1(c2ccc(Cl)cc2Cl)OCC(COc2ccc(N3CCN(c4ccc([N+](=O)[O-])cc4)CC3)cc2)O1.Cc1ccc(S(=O)(=O)OCC2COC(C)(c3ccc(Cl)cc3Cl)O2)cc1.O=[N+]([O-])c1ccc(N2CCN(c3ccc(O)cc3)CC2)cc1. The number of aromatic hydroxyl groups is 1. The predicted octanol–water partition coefficient (Wildman–Crippen LogP) is 18.4. The number of nitrogens with zero attached hydrogens (tertiary/aromatic N) is 8. The Balaban J connectivity index is 0.000000141. The lowest BCUT2D eigenvalue weighted by atomic mass is 10.1. The maximum absolute atomic E-state index is 12.3. The monoisotopic (exact) mass is 1770 g/mol. The molecule has 6 saturated heterocycles. The van der Waals surface area contributed by atoms with E-state index in [1.165, 1.54) is 23.5 Å². The quantitative estimate of drug-likeness (QED) is 0.0293. The molecule has 0 saturated carbocycles. The molecule has 6 aliphatic heterocycles. The average molecular weight is 1780 g/mol. The zero-order valence-electron chi connectivity index (χ0n) is 66.2. The topological polar surface area (TPSA) is 269 Å². The minimum absolute atomic E-state index is 0.102.